The van der Waals surface area contributed by atoms with Crippen LogP contribution >= 0.6 is 24.4 Å². The summed E-state index contributed by atoms with van der Waals surface area (Å²) in [5.74, 6) is 0.435. The zero-order valence-electron chi connectivity index (χ0n) is 16.6. The number of esters is 2. The lowest BCUT2D eigenvalue weighted by molar-refractivity contribution is -0.163. The Labute approximate surface area is 178 Å². The summed E-state index contributed by atoms with van der Waals surface area (Å²) < 4.78 is 5.17. The van der Waals surface area contributed by atoms with Gasteiger partial charge in [-0.25, -0.2) is 4.79 Å². The molecule has 0 spiro atoms. The summed E-state index contributed by atoms with van der Waals surface area (Å²) in [4.78, 5) is 23.9. The molecule has 1 saturated heterocycles. The first-order valence-corrected chi connectivity index (χ1v) is 12.0. The summed E-state index contributed by atoms with van der Waals surface area (Å²) in [5.41, 5.74) is 2.63. The minimum absolute atomic E-state index is 0.368. The van der Waals surface area contributed by atoms with Gasteiger partial charge in [0, 0.05) is 11.5 Å². The van der Waals surface area contributed by atoms with Crippen molar-refractivity contribution in [3.63, 3.8) is 0 Å². The maximum absolute atomic E-state index is 12.7. The normalized spacial score (nSPS) is 24.1. The number of hydrogen-bond donors (Lipinski definition) is 2. The summed E-state index contributed by atoms with van der Waals surface area (Å²) in [6.45, 7) is 2.48. The van der Waals surface area contributed by atoms with Gasteiger partial charge in [0.25, 0.3) is 0 Å². The van der Waals surface area contributed by atoms with Crippen molar-refractivity contribution in [2.45, 2.75) is 68.4 Å². The van der Waals surface area contributed by atoms with Crippen LogP contribution in [0.15, 0.2) is 24.3 Å². The van der Waals surface area contributed by atoms with Crippen LogP contribution in [0.2, 0.25) is 0 Å². The molecule has 6 heteroatoms. The Bertz CT molecular complexity index is 665. The van der Waals surface area contributed by atoms with Crippen LogP contribution in [-0.2, 0) is 20.1 Å². The number of rotatable bonds is 7. The van der Waals surface area contributed by atoms with E-state index in [0.29, 0.717) is 23.8 Å². The van der Waals surface area contributed by atoms with Gasteiger partial charge in [-0.1, -0.05) is 50.5 Å². The van der Waals surface area contributed by atoms with Crippen LogP contribution in [0.25, 0.3) is 0 Å². The number of nitrogens with one attached hydrogen (secondary N) is 1. The number of thiol groups is 1. The molecule has 0 aromatic heterocycles. The molecule has 4 nitrogen and oxygen atoms in total. The molecular formula is C22H31NO3S2. The highest BCUT2D eigenvalue weighted by Crippen LogP contribution is 2.37. The number of carbonyl (C=O) groups is 2. The zero-order chi connectivity index (χ0) is 20.0. The summed E-state index contributed by atoms with van der Waals surface area (Å²) in [6.07, 6.45) is 8.22. The molecule has 1 aliphatic heterocycles. The Kier molecular flexibility index (Phi) is 7.89. The Morgan fingerprint density at radius 1 is 1.21 bits per heavy atom. The Morgan fingerprint density at radius 2 is 1.93 bits per heavy atom. The van der Waals surface area contributed by atoms with Crippen LogP contribution in [0.4, 0.5) is 0 Å². The van der Waals surface area contributed by atoms with E-state index >= 15 is 0 Å². The number of ether oxygens (including phenoxy) is 1. The third kappa shape index (κ3) is 5.33. The van der Waals surface area contributed by atoms with Crippen LogP contribution in [0, 0.1) is 5.92 Å². The van der Waals surface area contributed by atoms with Gasteiger partial charge in [-0.3, -0.25) is 10.1 Å². The van der Waals surface area contributed by atoms with E-state index < -0.39 is 16.8 Å². The van der Waals surface area contributed by atoms with Crippen LogP contribution < -0.4 is 5.32 Å². The second-order valence-corrected chi connectivity index (χ2v) is 9.65. The lowest BCUT2D eigenvalue weighted by atomic mass is 9.84. The van der Waals surface area contributed by atoms with Crippen LogP contribution in [0.3, 0.4) is 0 Å². The number of thioether (sulfide) groups is 1. The molecule has 3 rings (SSSR count). The van der Waals surface area contributed by atoms with E-state index in [9.17, 15) is 9.59 Å². The van der Waals surface area contributed by atoms with E-state index in [1.165, 1.54) is 55.0 Å². The summed E-state index contributed by atoms with van der Waals surface area (Å²) >= 11 is 5.65. The van der Waals surface area contributed by atoms with Gasteiger partial charge in [0.05, 0.1) is 5.92 Å². The van der Waals surface area contributed by atoms with Gasteiger partial charge in [-0.05, 0) is 49.3 Å². The van der Waals surface area contributed by atoms with Crippen molar-refractivity contribution >= 4 is 36.3 Å². The molecule has 1 aromatic rings. The maximum Gasteiger partial charge on any atom is 0.344 e. The van der Waals surface area contributed by atoms with Crippen molar-refractivity contribution in [3.05, 3.63) is 35.4 Å². The third-order valence-electron chi connectivity index (χ3n) is 5.86. The van der Waals surface area contributed by atoms with E-state index in [1.807, 2.05) is 0 Å². The summed E-state index contributed by atoms with van der Waals surface area (Å²) in [5, 5.41) is 3.28. The molecule has 1 heterocycles. The fourth-order valence-electron chi connectivity index (χ4n) is 3.95. The van der Waals surface area contributed by atoms with Gasteiger partial charge >= 0.3 is 11.9 Å². The largest absolute Gasteiger partial charge is 0.391 e. The Morgan fingerprint density at radius 3 is 2.54 bits per heavy atom. The van der Waals surface area contributed by atoms with E-state index in [0.717, 1.165) is 13.0 Å². The second-order valence-electron chi connectivity index (χ2n) is 8.01. The van der Waals surface area contributed by atoms with Crippen molar-refractivity contribution in [2.24, 2.45) is 5.92 Å². The van der Waals surface area contributed by atoms with Crippen molar-refractivity contribution < 1.29 is 14.3 Å². The predicted octanol–water partition coefficient (Wildman–Crippen LogP) is 4.68. The van der Waals surface area contributed by atoms with E-state index in [2.05, 4.69) is 42.2 Å². The highest BCUT2D eigenvalue weighted by molar-refractivity contribution is 8.00. The van der Waals surface area contributed by atoms with Gasteiger partial charge in [0.2, 0.25) is 0 Å². The van der Waals surface area contributed by atoms with Crippen molar-refractivity contribution in [3.8, 4) is 0 Å². The molecule has 0 amide bonds. The highest BCUT2D eigenvalue weighted by atomic mass is 32.2. The van der Waals surface area contributed by atoms with E-state index in [-0.39, 0.29) is 5.92 Å². The molecular weight excluding hydrogens is 390 g/mol. The first-order valence-electron chi connectivity index (χ1n) is 10.4. The summed E-state index contributed by atoms with van der Waals surface area (Å²) in [7, 11) is 0. The topological polar surface area (TPSA) is 55.4 Å². The van der Waals surface area contributed by atoms with Crippen LogP contribution in [0.1, 0.15) is 68.9 Å². The molecule has 2 atom stereocenters. The molecule has 2 fully saturated rings. The molecule has 0 bridgehead atoms. The van der Waals surface area contributed by atoms with Gasteiger partial charge in [0.1, 0.15) is 0 Å². The van der Waals surface area contributed by atoms with E-state index in [1.54, 1.807) is 6.92 Å². The standard InChI is InChI=1S/C22H31NO3S2/c1-16(14-27)20(24)26-21(25)22(12-5-13-23-22)28-15-17-8-10-19(11-9-17)18-6-3-2-4-7-18/h8-11,16,18,23,27H,2-7,12-15H2,1H3/t16-,22+/m1/s1. The Balaban J connectivity index is 1.60. The Hall–Kier alpha value is -0.980. The molecule has 28 heavy (non-hydrogen) atoms. The third-order valence-corrected chi connectivity index (χ3v) is 7.89. The lowest BCUT2D eigenvalue weighted by Gasteiger charge is -2.26. The first-order chi connectivity index (χ1) is 13.5. The van der Waals surface area contributed by atoms with Crippen LogP contribution in [0.5, 0.6) is 0 Å². The highest BCUT2D eigenvalue weighted by Gasteiger charge is 2.44. The SMILES string of the molecule is C[C@H](CS)C(=O)OC(=O)[C@@]1(SCc2ccc(C3CCCCC3)cc2)CCCN1. The van der Waals surface area contributed by atoms with Crippen molar-refractivity contribution in [1.82, 2.24) is 5.32 Å². The van der Waals surface area contributed by atoms with Gasteiger partial charge in [-0.2, -0.15) is 12.6 Å². The lowest BCUT2D eigenvalue weighted by Crippen LogP contribution is -2.47. The second kappa shape index (κ2) is 10.2. The molecule has 1 saturated carbocycles. The van der Waals surface area contributed by atoms with Gasteiger partial charge in [0.15, 0.2) is 4.87 Å². The smallest absolute Gasteiger partial charge is 0.344 e. The summed E-state index contributed by atoms with van der Waals surface area (Å²) in [6, 6.07) is 8.85. The van der Waals surface area contributed by atoms with Crippen molar-refractivity contribution in [2.75, 3.05) is 12.3 Å². The predicted molar refractivity (Wildman–Crippen MR) is 118 cm³/mol. The molecule has 1 aromatic carbocycles. The monoisotopic (exact) mass is 421 g/mol. The molecule has 154 valence electrons. The quantitative estimate of drug-likeness (QED) is 0.380. The fourth-order valence-corrected chi connectivity index (χ4v) is 5.36. The van der Waals surface area contributed by atoms with Gasteiger partial charge in [-0.15, -0.1) is 11.8 Å². The maximum atomic E-state index is 12.7. The number of benzene rings is 1. The van der Waals surface area contributed by atoms with Crippen molar-refractivity contribution in [1.29, 1.82) is 0 Å². The first kappa shape index (κ1) is 21.7. The van der Waals surface area contributed by atoms with Crippen LogP contribution in [-0.4, -0.2) is 29.1 Å². The average molecular weight is 422 g/mol. The molecule has 0 radical (unpaired) electrons. The van der Waals surface area contributed by atoms with E-state index in [4.69, 9.17) is 4.74 Å². The minimum Gasteiger partial charge on any atom is -0.391 e. The fraction of sp³-hybridized carbons (Fsp3) is 0.636. The molecule has 2 aliphatic rings. The molecule has 0 unspecified atom stereocenters. The average Bonchev–Trinajstić information content (AvgIpc) is 3.23. The molecule has 1 aliphatic carbocycles. The molecule has 1 N–H and O–H groups in total. The van der Waals surface area contributed by atoms with Gasteiger partial charge < -0.3 is 4.74 Å². The number of carbonyl (C=O) groups excluding carboxylic acids is 2. The minimum atomic E-state index is -0.825. The number of hydrogen-bond acceptors (Lipinski definition) is 6. The zero-order valence-corrected chi connectivity index (χ0v) is 18.3.